The van der Waals surface area contributed by atoms with E-state index in [4.69, 9.17) is 23.8 Å². The number of fused-ring (bicyclic) bond motifs is 5. The zero-order chi connectivity index (χ0) is 33.7. The standard InChI is InChI=1S/C45H28N4O2/c1-2-8-30(9-3-1)31-15-17-32(18-16-31)33-19-22-35(23-20-33)46-28-29-14-24-40-36(26-29)37-27-34(44-47-38-10-4-6-12-42(38)50-44)21-25-41(37)49(40)45-48-39-11-5-7-13-43(39)51-45/h1-28H. The van der Waals surface area contributed by atoms with Crippen LogP contribution in [0, 0.1) is 0 Å². The highest BCUT2D eigenvalue weighted by molar-refractivity contribution is 6.11. The molecule has 6 heteroatoms. The molecule has 0 bridgehead atoms. The molecule has 51 heavy (non-hydrogen) atoms. The van der Waals surface area contributed by atoms with Gasteiger partial charge in [-0.1, -0.05) is 97.1 Å². The predicted molar refractivity (Wildman–Crippen MR) is 206 cm³/mol. The Hall–Kier alpha value is -7.05. The fraction of sp³-hybridized carbons (Fsp3) is 0. The van der Waals surface area contributed by atoms with Gasteiger partial charge < -0.3 is 8.83 Å². The Morgan fingerprint density at radius 1 is 0.471 bits per heavy atom. The summed E-state index contributed by atoms with van der Waals surface area (Å²) in [7, 11) is 0. The van der Waals surface area contributed by atoms with E-state index >= 15 is 0 Å². The van der Waals surface area contributed by atoms with Gasteiger partial charge in [-0.3, -0.25) is 9.56 Å². The van der Waals surface area contributed by atoms with Gasteiger partial charge in [-0.25, -0.2) is 4.98 Å². The van der Waals surface area contributed by atoms with Crippen molar-refractivity contribution in [1.29, 1.82) is 0 Å². The van der Waals surface area contributed by atoms with Crippen molar-refractivity contribution in [2.75, 3.05) is 0 Å². The van der Waals surface area contributed by atoms with Crippen LogP contribution < -0.4 is 0 Å². The number of benzene rings is 7. The quantitative estimate of drug-likeness (QED) is 0.167. The van der Waals surface area contributed by atoms with Crippen molar-refractivity contribution >= 4 is 55.9 Å². The molecule has 0 saturated heterocycles. The lowest BCUT2D eigenvalue weighted by Crippen LogP contribution is -1.94. The average molecular weight is 657 g/mol. The minimum Gasteiger partial charge on any atom is -0.436 e. The molecule has 0 aliphatic carbocycles. The Morgan fingerprint density at radius 2 is 1.02 bits per heavy atom. The van der Waals surface area contributed by atoms with Crippen molar-refractivity contribution in [1.82, 2.24) is 14.5 Å². The molecule has 10 aromatic rings. The van der Waals surface area contributed by atoms with Gasteiger partial charge in [-0.2, -0.15) is 4.98 Å². The maximum atomic E-state index is 6.28. The van der Waals surface area contributed by atoms with Crippen LogP contribution in [0.5, 0.6) is 0 Å². The van der Waals surface area contributed by atoms with Gasteiger partial charge >= 0.3 is 6.01 Å². The molecule has 7 aromatic carbocycles. The van der Waals surface area contributed by atoms with Crippen molar-refractivity contribution in [3.8, 4) is 39.7 Å². The van der Waals surface area contributed by atoms with Crippen molar-refractivity contribution in [3.05, 3.63) is 169 Å². The smallest absolute Gasteiger partial charge is 0.307 e. The van der Waals surface area contributed by atoms with E-state index in [2.05, 4.69) is 108 Å². The second kappa shape index (κ2) is 11.8. The van der Waals surface area contributed by atoms with Gasteiger partial charge in [0.25, 0.3) is 0 Å². The second-order valence-electron chi connectivity index (χ2n) is 12.5. The fourth-order valence-electron chi connectivity index (χ4n) is 6.79. The Morgan fingerprint density at radius 3 is 1.71 bits per heavy atom. The number of aromatic nitrogens is 3. The molecule has 3 heterocycles. The summed E-state index contributed by atoms with van der Waals surface area (Å²) >= 11 is 0. The molecule has 0 unspecified atom stereocenters. The summed E-state index contributed by atoms with van der Waals surface area (Å²) in [5, 5.41) is 2.08. The Bertz CT molecular complexity index is 2830. The molecule has 10 rings (SSSR count). The number of oxazole rings is 2. The van der Waals surface area contributed by atoms with Crippen LogP contribution in [0.15, 0.2) is 178 Å². The molecule has 0 aliphatic rings. The first-order valence-electron chi connectivity index (χ1n) is 16.8. The lowest BCUT2D eigenvalue weighted by atomic mass is 10.0. The molecule has 0 amide bonds. The van der Waals surface area contributed by atoms with Crippen molar-refractivity contribution in [2.24, 2.45) is 4.99 Å². The van der Waals surface area contributed by atoms with Crippen LogP contribution >= 0.6 is 0 Å². The number of hydrogen-bond acceptors (Lipinski definition) is 5. The van der Waals surface area contributed by atoms with E-state index in [1.54, 1.807) is 0 Å². The van der Waals surface area contributed by atoms with Gasteiger partial charge in [0.1, 0.15) is 11.0 Å². The Balaban J connectivity index is 1.01. The number of rotatable bonds is 6. The first-order valence-corrected chi connectivity index (χ1v) is 16.8. The van der Waals surface area contributed by atoms with E-state index in [9.17, 15) is 0 Å². The minimum atomic E-state index is 0.516. The molecule has 0 radical (unpaired) electrons. The van der Waals surface area contributed by atoms with Gasteiger partial charge in [0.05, 0.1) is 16.7 Å². The number of para-hydroxylation sites is 4. The van der Waals surface area contributed by atoms with Crippen LogP contribution in [0.4, 0.5) is 5.69 Å². The molecule has 0 atom stereocenters. The summed E-state index contributed by atoms with van der Waals surface area (Å²) in [6.45, 7) is 0. The van der Waals surface area contributed by atoms with E-state index in [-0.39, 0.29) is 0 Å². The average Bonchev–Trinajstić information content (AvgIpc) is 3.91. The SMILES string of the molecule is C(=Nc1ccc(-c2ccc(-c3ccccc3)cc2)cc1)c1ccc2c(c1)c1cc(-c3nc4ccccc4o3)ccc1n2-c1nc2ccccc2o1. The van der Waals surface area contributed by atoms with E-state index in [1.165, 1.54) is 16.7 Å². The largest absolute Gasteiger partial charge is 0.436 e. The molecular formula is C45H28N4O2. The number of hydrogen-bond donors (Lipinski definition) is 0. The maximum Gasteiger partial charge on any atom is 0.307 e. The highest BCUT2D eigenvalue weighted by atomic mass is 16.4. The summed E-state index contributed by atoms with van der Waals surface area (Å²) in [5.74, 6) is 0.578. The fourth-order valence-corrected chi connectivity index (χ4v) is 6.79. The summed E-state index contributed by atoms with van der Waals surface area (Å²) < 4.78 is 14.5. The zero-order valence-electron chi connectivity index (χ0n) is 27.3. The topological polar surface area (TPSA) is 69.3 Å². The molecule has 240 valence electrons. The molecule has 0 fully saturated rings. The minimum absolute atomic E-state index is 0.516. The van der Waals surface area contributed by atoms with E-state index in [0.29, 0.717) is 11.9 Å². The first kappa shape index (κ1) is 28.9. The Labute approximate surface area is 292 Å². The summed E-state index contributed by atoms with van der Waals surface area (Å²) in [5.41, 5.74) is 12.6. The van der Waals surface area contributed by atoms with Gasteiger partial charge in [0, 0.05) is 22.6 Å². The third-order valence-corrected chi connectivity index (χ3v) is 9.36. The summed E-state index contributed by atoms with van der Waals surface area (Å²) in [4.78, 5) is 14.5. The number of aliphatic imine (C=N–C) groups is 1. The third kappa shape index (κ3) is 5.18. The summed E-state index contributed by atoms with van der Waals surface area (Å²) in [6.07, 6.45) is 1.91. The molecule has 0 saturated carbocycles. The maximum absolute atomic E-state index is 6.28. The van der Waals surface area contributed by atoms with E-state index < -0.39 is 0 Å². The zero-order valence-corrected chi connectivity index (χ0v) is 27.3. The van der Waals surface area contributed by atoms with Gasteiger partial charge in [0.15, 0.2) is 11.2 Å². The van der Waals surface area contributed by atoms with Crippen molar-refractivity contribution in [3.63, 3.8) is 0 Å². The normalized spacial score (nSPS) is 11.8. The van der Waals surface area contributed by atoms with Gasteiger partial charge in [-0.15, -0.1) is 0 Å². The van der Waals surface area contributed by atoms with Crippen LogP contribution in [0.2, 0.25) is 0 Å². The highest BCUT2D eigenvalue weighted by Crippen LogP contribution is 2.36. The molecule has 6 nitrogen and oxygen atoms in total. The van der Waals surface area contributed by atoms with Gasteiger partial charge in [0.2, 0.25) is 5.89 Å². The van der Waals surface area contributed by atoms with E-state index in [0.717, 1.165) is 66.4 Å². The van der Waals surface area contributed by atoms with Crippen molar-refractivity contribution < 1.29 is 8.83 Å². The number of nitrogens with zero attached hydrogens (tertiary/aromatic N) is 4. The molecular weight excluding hydrogens is 629 g/mol. The third-order valence-electron chi connectivity index (χ3n) is 9.36. The monoisotopic (exact) mass is 656 g/mol. The summed E-state index contributed by atoms with van der Waals surface area (Å²) in [6, 6.07) is 56.2. The lowest BCUT2D eigenvalue weighted by molar-refractivity contribution is 0.574. The molecule has 3 aromatic heterocycles. The predicted octanol–water partition coefficient (Wildman–Crippen LogP) is 11.8. The van der Waals surface area contributed by atoms with Crippen molar-refractivity contribution in [2.45, 2.75) is 0 Å². The molecule has 0 N–H and O–H groups in total. The van der Waals surface area contributed by atoms with Crippen LogP contribution in [0.1, 0.15) is 5.56 Å². The Kier molecular flexibility index (Phi) is 6.70. The van der Waals surface area contributed by atoms with E-state index in [1.807, 2.05) is 66.9 Å². The molecule has 0 spiro atoms. The van der Waals surface area contributed by atoms with Crippen LogP contribution in [0.25, 0.3) is 83.7 Å². The van der Waals surface area contributed by atoms with Crippen LogP contribution in [-0.2, 0) is 0 Å². The first-order chi connectivity index (χ1) is 25.2. The lowest BCUT2D eigenvalue weighted by Gasteiger charge is -2.05. The molecule has 0 aliphatic heterocycles. The van der Waals surface area contributed by atoms with Crippen LogP contribution in [-0.4, -0.2) is 20.7 Å². The highest BCUT2D eigenvalue weighted by Gasteiger charge is 2.19. The van der Waals surface area contributed by atoms with Gasteiger partial charge in [-0.05, 0) is 94.5 Å². The van der Waals surface area contributed by atoms with Crippen LogP contribution in [0.3, 0.4) is 0 Å². The second-order valence-corrected chi connectivity index (χ2v) is 12.5.